The molecular weight excluding hydrogens is 470 g/mol. The van der Waals surface area contributed by atoms with Crippen LogP contribution in [0, 0.1) is 0 Å². The van der Waals surface area contributed by atoms with E-state index in [2.05, 4.69) is 5.32 Å². The highest BCUT2D eigenvalue weighted by molar-refractivity contribution is 7.89. The smallest absolute Gasteiger partial charge is 0.243 e. The molecule has 1 atom stereocenters. The highest BCUT2D eigenvalue weighted by Gasteiger charge is 2.41. The maximum atomic E-state index is 13.4. The van der Waals surface area contributed by atoms with Crippen LogP contribution >= 0.6 is 11.6 Å². The average Bonchev–Trinajstić information content (AvgIpc) is 2.86. The summed E-state index contributed by atoms with van der Waals surface area (Å²) in [6.07, 6.45) is 0. The third-order valence-electron chi connectivity index (χ3n) is 5.39. The molecule has 1 aliphatic heterocycles. The van der Waals surface area contributed by atoms with Gasteiger partial charge in [0.1, 0.15) is 23.4 Å². The number of nitrogens with zero attached hydrogens (tertiary/aromatic N) is 2. The minimum absolute atomic E-state index is 0.0301. The van der Waals surface area contributed by atoms with Crippen LogP contribution in [0.1, 0.15) is 5.56 Å². The topological polar surface area (TPSA) is 105 Å². The van der Waals surface area contributed by atoms with Crippen molar-refractivity contribution >= 4 is 33.4 Å². The molecule has 0 aliphatic carbocycles. The summed E-state index contributed by atoms with van der Waals surface area (Å²) in [6.45, 7) is 0.218. The number of hydrogen-bond acceptors (Lipinski definition) is 6. The zero-order valence-corrected chi connectivity index (χ0v) is 19.9. The number of halogens is 1. The highest BCUT2D eigenvalue weighted by atomic mass is 35.5. The summed E-state index contributed by atoms with van der Waals surface area (Å²) in [5.74, 6) is 0.0940. The number of piperazine rings is 1. The molecule has 1 N–H and O–H groups in total. The molecule has 11 heteroatoms. The number of amides is 2. The van der Waals surface area contributed by atoms with Gasteiger partial charge in [-0.05, 0) is 42.0 Å². The van der Waals surface area contributed by atoms with Crippen molar-refractivity contribution in [1.82, 2.24) is 14.5 Å². The van der Waals surface area contributed by atoms with Crippen molar-refractivity contribution in [3.63, 3.8) is 0 Å². The lowest BCUT2D eigenvalue weighted by Gasteiger charge is -2.39. The molecule has 1 fully saturated rings. The molecule has 178 valence electrons. The first kappa shape index (κ1) is 24.8. The van der Waals surface area contributed by atoms with E-state index in [1.165, 1.54) is 24.1 Å². The van der Waals surface area contributed by atoms with Crippen LogP contribution in [0.4, 0.5) is 0 Å². The summed E-state index contributed by atoms with van der Waals surface area (Å²) in [6, 6.07) is 12.0. The summed E-state index contributed by atoms with van der Waals surface area (Å²) >= 11 is 5.68. The second-order valence-electron chi connectivity index (χ2n) is 7.35. The van der Waals surface area contributed by atoms with Crippen LogP contribution in [0.2, 0.25) is 0 Å². The Morgan fingerprint density at radius 2 is 1.58 bits per heavy atom. The van der Waals surface area contributed by atoms with Crippen LogP contribution in [-0.2, 0) is 26.2 Å². The number of hydrogen-bond donors (Lipinski definition) is 1. The Balaban J connectivity index is 1.82. The number of ether oxygens (including phenoxy) is 2. The first-order valence-corrected chi connectivity index (χ1v) is 12.2. The molecular formula is C22H26ClN3O6S. The Hall–Kier alpha value is -2.82. The van der Waals surface area contributed by atoms with Crippen LogP contribution < -0.4 is 14.8 Å². The van der Waals surface area contributed by atoms with Crippen LogP contribution in [-0.4, -0.2) is 75.2 Å². The molecule has 9 nitrogen and oxygen atoms in total. The number of nitrogens with one attached hydrogen (secondary N) is 1. The van der Waals surface area contributed by atoms with E-state index in [1.54, 1.807) is 43.5 Å². The van der Waals surface area contributed by atoms with Gasteiger partial charge in [-0.2, -0.15) is 4.31 Å². The van der Waals surface area contributed by atoms with E-state index in [-0.39, 0.29) is 42.9 Å². The molecule has 1 saturated heterocycles. The molecule has 1 heterocycles. The highest BCUT2D eigenvalue weighted by Crippen LogP contribution is 2.24. The lowest BCUT2D eigenvalue weighted by Crippen LogP contribution is -2.61. The second kappa shape index (κ2) is 10.9. The van der Waals surface area contributed by atoms with Gasteiger partial charge in [-0.25, -0.2) is 8.42 Å². The van der Waals surface area contributed by atoms with Gasteiger partial charge >= 0.3 is 0 Å². The quantitative estimate of drug-likeness (QED) is 0.556. The molecule has 2 aromatic rings. The normalized spacial score (nSPS) is 16.8. The zero-order chi connectivity index (χ0) is 24.0. The van der Waals surface area contributed by atoms with E-state index in [0.717, 1.165) is 9.87 Å². The fourth-order valence-corrected chi connectivity index (χ4v) is 5.25. The number of benzene rings is 2. The standard InChI is InChI=1S/C22H26ClN3O6S/c1-31-17-5-3-16(4-6-17)14-24-22(28)20-15-25(21(27)13-23)11-12-26(20)33(29,30)19-9-7-18(32-2)8-10-19/h3-10,20H,11-15H2,1-2H3,(H,24,28)/t20-/m1/s1. The largest absolute Gasteiger partial charge is 0.497 e. The maximum absolute atomic E-state index is 13.4. The van der Waals surface area contributed by atoms with Crippen molar-refractivity contribution in [2.24, 2.45) is 0 Å². The minimum atomic E-state index is -4.00. The first-order chi connectivity index (χ1) is 15.8. The molecule has 33 heavy (non-hydrogen) atoms. The molecule has 3 rings (SSSR count). The fourth-order valence-electron chi connectivity index (χ4n) is 3.51. The third-order valence-corrected chi connectivity index (χ3v) is 7.54. The summed E-state index contributed by atoms with van der Waals surface area (Å²) in [5.41, 5.74) is 0.818. The first-order valence-electron chi connectivity index (χ1n) is 10.2. The molecule has 0 aromatic heterocycles. The van der Waals surface area contributed by atoms with Gasteiger partial charge in [0.25, 0.3) is 0 Å². The Labute approximate surface area is 198 Å². The molecule has 0 unspecified atom stereocenters. The van der Waals surface area contributed by atoms with Crippen molar-refractivity contribution in [1.29, 1.82) is 0 Å². The Morgan fingerprint density at radius 3 is 2.12 bits per heavy atom. The van der Waals surface area contributed by atoms with Crippen molar-refractivity contribution in [3.8, 4) is 11.5 Å². The zero-order valence-electron chi connectivity index (χ0n) is 18.4. The molecule has 0 radical (unpaired) electrons. The van der Waals surface area contributed by atoms with Crippen LogP contribution in [0.5, 0.6) is 11.5 Å². The summed E-state index contributed by atoms with van der Waals surface area (Å²) in [7, 11) is -0.953. The van der Waals surface area contributed by atoms with E-state index in [1.807, 2.05) is 0 Å². The third kappa shape index (κ3) is 5.76. The summed E-state index contributed by atoms with van der Waals surface area (Å²) < 4.78 is 38.1. The molecule has 1 aliphatic rings. The lowest BCUT2D eigenvalue weighted by atomic mass is 10.1. The number of alkyl halides is 1. The Morgan fingerprint density at radius 1 is 1.00 bits per heavy atom. The SMILES string of the molecule is COc1ccc(CNC(=O)[C@H]2CN(C(=O)CCl)CCN2S(=O)(=O)c2ccc(OC)cc2)cc1. The van der Waals surface area contributed by atoms with Crippen molar-refractivity contribution in [2.75, 3.05) is 39.7 Å². The Bertz CT molecular complexity index is 1080. The van der Waals surface area contributed by atoms with Crippen LogP contribution in [0.3, 0.4) is 0 Å². The van der Waals surface area contributed by atoms with E-state index >= 15 is 0 Å². The van der Waals surface area contributed by atoms with Gasteiger partial charge in [0.05, 0.1) is 19.1 Å². The van der Waals surface area contributed by atoms with E-state index in [9.17, 15) is 18.0 Å². The maximum Gasteiger partial charge on any atom is 0.243 e. The summed E-state index contributed by atoms with van der Waals surface area (Å²) in [4.78, 5) is 26.7. The van der Waals surface area contributed by atoms with Crippen LogP contribution in [0.25, 0.3) is 0 Å². The van der Waals surface area contributed by atoms with Crippen molar-refractivity contribution in [3.05, 3.63) is 54.1 Å². The molecule has 0 saturated carbocycles. The fraction of sp³-hybridized carbons (Fsp3) is 0.364. The number of sulfonamides is 1. The lowest BCUT2D eigenvalue weighted by molar-refractivity contribution is -0.134. The van der Waals surface area contributed by atoms with Gasteiger partial charge in [-0.1, -0.05) is 12.1 Å². The predicted octanol–water partition coefficient (Wildman–Crippen LogP) is 1.46. The average molecular weight is 496 g/mol. The van der Waals surface area contributed by atoms with E-state index in [4.69, 9.17) is 21.1 Å². The van der Waals surface area contributed by atoms with E-state index < -0.39 is 22.0 Å². The monoisotopic (exact) mass is 495 g/mol. The number of carbonyl (C=O) groups excluding carboxylic acids is 2. The Kier molecular flexibility index (Phi) is 8.17. The molecule has 2 aromatic carbocycles. The van der Waals surface area contributed by atoms with E-state index in [0.29, 0.717) is 11.5 Å². The van der Waals surface area contributed by atoms with Gasteiger partial charge in [-0.3, -0.25) is 9.59 Å². The van der Waals surface area contributed by atoms with Gasteiger partial charge in [0.15, 0.2) is 0 Å². The van der Waals surface area contributed by atoms with Gasteiger partial charge in [0, 0.05) is 26.2 Å². The predicted molar refractivity (Wildman–Crippen MR) is 123 cm³/mol. The van der Waals surface area contributed by atoms with Gasteiger partial charge < -0.3 is 19.7 Å². The molecule has 0 bridgehead atoms. The second-order valence-corrected chi connectivity index (χ2v) is 9.50. The minimum Gasteiger partial charge on any atom is -0.497 e. The number of carbonyl (C=O) groups is 2. The van der Waals surface area contributed by atoms with Gasteiger partial charge in [-0.15, -0.1) is 11.6 Å². The van der Waals surface area contributed by atoms with Crippen molar-refractivity contribution < 1.29 is 27.5 Å². The summed E-state index contributed by atoms with van der Waals surface area (Å²) in [5, 5.41) is 2.78. The number of methoxy groups -OCH3 is 2. The van der Waals surface area contributed by atoms with Crippen LogP contribution in [0.15, 0.2) is 53.4 Å². The van der Waals surface area contributed by atoms with Gasteiger partial charge in [0.2, 0.25) is 21.8 Å². The molecule has 2 amide bonds. The van der Waals surface area contributed by atoms with Crippen molar-refractivity contribution in [2.45, 2.75) is 17.5 Å². The molecule has 0 spiro atoms. The number of rotatable bonds is 8.